The molecule has 0 nitrogen and oxygen atoms in total. The number of fused-ring (bicyclic) bond motifs is 10. The third-order valence-corrected chi connectivity index (χ3v) is 76.1. The number of hydrogen-bond donors (Lipinski definition) is 0. The summed E-state index contributed by atoms with van der Waals surface area (Å²) in [6.45, 7) is 6.99. The molecule has 10 saturated heterocycles. The van der Waals surface area contributed by atoms with Crippen LogP contribution in [0.4, 0.5) is 0 Å². The molecule has 0 aromatic heterocycles. The summed E-state index contributed by atoms with van der Waals surface area (Å²) in [4.78, 5) is 12.4. The van der Waals surface area contributed by atoms with Crippen LogP contribution >= 0.6 is 15.8 Å². The normalized spacial score (nSPS) is 88.4. The summed E-state index contributed by atoms with van der Waals surface area (Å²) in [5.41, 5.74) is 0. The molecule has 0 amide bonds. The fourth-order valence-electron chi connectivity index (χ4n) is 20.0. The van der Waals surface area contributed by atoms with E-state index in [4.69, 9.17) is 0 Å². The maximum absolute atomic E-state index is 3.09. The Labute approximate surface area is 146 Å². The molecule has 0 aromatic rings. The molecule has 10 fully saturated rings. The van der Waals surface area contributed by atoms with Crippen molar-refractivity contribution >= 4 is 15.8 Å². The van der Waals surface area contributed by atoms with Gasteiger partial charge in [0.2, 0.25) is 0 Å². The second-order valence-electron chi connectivity index (χ2n) is 13.7. The van der Waals surface area contributed by atoms with E-state index in [1.54, 1.807) is 63.2 Å². The zero-order chi connectivity index (χ0) is 16.7. The van der Waals surface area contributed by atoms with Crippen molar-refractivity contribution in [2.75, 3.05) is 24.6 Å². The zero-order valence-corrected chi connectivity index (χ0v) is 19.4. The zero-order valence-electron chi connectivity index (χ0n) is 16.5. The van der Waals surface area contributed by atoms with Gasteiger partial charge in [0, 0.05) is 0 Å². The maximum atomic E-state index is 2.52. The van der Waals surface area contributed by atoms with E-state index in [9.17, 15) is 0 Å². The van der Waals surface area contributed by atoms with Gasteiger partial charge in [-0.1, -0.05) is 0 Å². The third kappa shape index (κ3) is 0.220. The van der Waals surface area contributed by atoms with Gasteiger partial charge in [0.25, 0.3) is 0 Å². The van der Waals surface area contributed by atoms with E-state index in [2.05, 4.69) is 27.7 Å². The molecular formula is C22H36FeP2. The molecule has 1 spiro atoms. The first-order valence-electron chi connectivity index (χ1n) is 11.7. The van der Waals surface area contributed by atoms with Crippen LogP contribution in [-0.4, -0.2) is 32.8 Å². The average molecular weight is 418 g/mol. The molecule has 10 rings (SSSR count). The van der Waals surface area contributed by atoms with Gasteiger partial charge in [0.15, 0.2) is 0 Å². The first-order valence-corrected chi connectivity index (χ1v) is 21.3. The monoisotopic (exact) mass is 418 g/mol. The molecule has 3 heteroatoms. The van der Waals surface area contributed by atoms with E-state index in [1.165, 1.54) is 33.8 Å². The number of rotatable bonds is 10. The van der Waals surface area contributed by atoms with Crippen molar-refractivity contribution < 1.29 is 6.51 Å². The molecule has 8 unspecified atom stereocenters. The predicted molar refractivity (Wildman–Crippen MR) is 110 cm³/mol. The molecule has 0 aromatic carbocycles. The van der Waals surface area contributed by atoms with E-state index >= 15 is 0 Å². The Morgan fingerprint density at radius 1 is 0.560 bits per heavy atom. The van der Waals surface area contributed by atoms with Crippen LogP contribution in [0.5, 0.6) is 0 Å². The summed E-state index contributed by atoms with van der Waals surface area (Å²) in [6.07, 6.45) is 12.9. The van der Waals surface area contributed by atoms with Gasteiger partial charge in [-0.15, -0.1) is 0 Å². The topological polar surface area (TPSA) is 0 Å². The van der Waals surface area contributed by atoms with Gasteiger partial charge in [0.1, 0.15) is 0 Å². The number of hydrogen-bond acceptors (Lipinski definition) is 0. The molecule has 0 aliphatic carbocycles. The molecule has 10 aliphatic rings. The van der Waals surface area contributed by atoms with Crippen LogP contribution < -0.4 is 0 Å². The summed E-state index contributed by atoms with van der Waals surface area (Å²) < 4.78 is 2.47. The summed E-state index contributed by atoms with van der Waals surface area (Å²) in [5.74, 6) is 0. The molecule has 0 bridgehead atoms. The second-order valence-corrected chi connectivity index (χ2v) is 43.1. The van der Waals surface area contributed by atoms with Gasteiger partial charge < -0.3 is 0 Å². The van der Waals surface area contributed by atoms with E-state index in [-0.39, 0.29) is 0 Å². The Morgan fingerprint density at radius 3 is 1.04 bits per heavy atom. The average Bonchev–Trinajstić information content (AvgIpc) is 3.54. The summed E-state index contributed by atoms with van der Waals surface area (Å²) in [5, 5.41) is 0. The quantitative estimate of drug-likeness (QED) is 0.251. The molecular weight excluding hydrogens is 382 g/mol. The summed E-state index contributed by atoms with van der Waals surface area (Å²) in [7, 11) is 0.914. The van der Waals surface area contributed by atoms with Crippen molar-refractivity contribution in [2.24, 2.45) is 0 Å². The van der Waals surface area contributed by atoms with Crippen LogP contribution in [0.3, 0.4) is 0 Å². The molecule has 25 heavy (non-hydrogen) atoms. The Kier molecular flexibility index (Phi) is 0.882. The van der Waals surface area contributed by atoms with Gasteiger partial charge in [-0.25, -0.2) is 0 Å². The first kappa shape index (κ1) is 13.6. The molecule has 10 aliphatic heterocycles. The van der Waals surface area contributed by atoms with E-state index in [0.717, 1.165) is 0 Å². The summed E-state index contributed by atoms with van der Waals surface area (Å²) >= 11 is 0. The van der Waals surface area contributed by atoms with Crippen LogP contribution in [0.15, 0.2) is 0 Å². The molecule has 10 heterocycles. The SMILES string of the molecule is CCCP(CCC)[C]12[CH]3[CH]4[CH]5[CH]1[Fe]45321678[CH]2[CH]1[CH]6[C]7(P(CCC)CCC)[CH]28. The van der Waals surface area contributed by atoms with Crippen molar-refractivity contribution in [3.8, 4) is 0 Å². The van der Waals surface area contributed by atoms with Gasteiger partial charge in [-0.05, 0) is 0 Å². The van der Waals surface area contributed by atoms with Crippen LogP contribution in [0.25, 0.3) is 0 Å². The van der Waals surface area contributed by atoms with Crippen molar-refractivity contribution in [3.63, 3.8) is 0 Å². The summed E-state index contributed by atoms with van der Waals surface area (Å²) in [6, 6.07) is 0. The Morgan fingerprint density at radius 2 is 0.840 bits per heavy atom. The minimum absolute atomic E-state index is 0.457. The van der Waals surface area contributed by atoms with E-state index in [0.29, 0.717) is 15.8 Å². The predicted octanol–water partition coefficient (Wildman–Crippen LogP) is 7.79. The van der Waals surface area contributed by atoms with Gasteiger partial charge in [0.05, 0.1) is 0 Å². The van der Waals surface area contributed by atoms with Crippen LogP contribution in [0.2, 0.25) is 38.5 Å². The van der Waals surface area contributed by atoms with Gasteiger partial charge >= 0.3 is 147 Å². The van der Waals surface area contributed by atoms with Crippen LogP contribution in [0, 0.1) is 0 Å². The van der Waals surface area contributed by atoms with Gasteiger partial charge in [-0.3, -0.25) is 0 Å². The van der Waals surface area contributed by atoms with Gasteiger partial charge in [-0.2, -0.15) is 0 Å². The Balaban J connectivity index is 1.28. The molecule has 8 atom stereocenters. The molecule has 0 saturated carbocycles. The standard InChI is InChI=1S/2C11H18P.Fe/c2*1-3-9-12(10-4-2)11-7-5-6-8-11;/h2*5-8H,3-4,9-10H2,1-2H3;. The third-order valence-electron chi connectivity index (χ3n) is 17.6. The Bertz CT molecular complexity index is 1030. The van der Waals surface area contributed by atoms with Crippen LogP contribution in [-0.2, 0) is 6.51 Å². The van der Waals surface area contributed by atoms with E-state index < -0.39 is 6.51 Å². The fourth-order valence-corrected chi connectivity index (χ4v) is 130. The molecule has 0 radical (unpaired) electrons. The van der Waals surface area contributed by atoms with E-state index in [1.807, 2.05) is 0 Å². The van der Waals surface area contributed by atoms with Crippen LogP contribution in [0.1, 0.15) is 53.4 Å². The fraction of sp³-hybridized carbons (Fsp3) is 1.00. The van der Waals surface area contributed by atoms with Crippen molar-refractivity contribution in [1.29, 1.82) is 0 Å². The van der Waals surface area contributed by atoms with Crippen molar-refractivity contribution in [2.45, 2.75) is 100 Å². The molecule has 142 valence electrons. The van der Waals surface area contributed by atoms with Crippen molar-refractivity contribution in [3.05, 3.63) is 0 Å². The Hall–Kier alpha value is 1.38. The minimum atomic E-state index is -3.09. The second kappa shape index (κ2) is 1.62. The first-order chi connectivity index (χ1) is 12.0. The van der Waals surface area contributed by atoms with Crippen molar-refractivity contribution in [1.82, 2.24) is 0 Å². The molecule has 0 N–H and O–H groups in total.